The molecule has 1 saturated heterocycles. The second-order valence-electron chi connectivity index (χ2n) is 7.27. The topological polar surface area (TPSA) is 12.5 Å². The van der Waals surface area contributed by atoms with E-state index in [1.807, 2.05) is 0 Å². The Morgan fingerprint density at radius 2 is 1.73 bits per heavy atom. The summed E-state index contributed by atoms with van der Waals surface area (Å²) in [4.78, 5) is 2.54. The summed E-state index contributed by atoms with van der Waals surface area (Å²) in [5.41, 5.74) is 2.62. The van der Waals surface area contributed by atoms with Crippen molar-refractivity contribution in [3.63, 3.8) is 0 Å². The Bertz CT molecular complexity index is 949. The van der Waals surface area contributed by atoms with Crippen LogP contribution in [0.15, 0.2) is 79.4 Å². The van der Waals surface area contributed by atoms with Crippen molar-refractivity contribution >= 4 is 10.8 Å². The summed E-state index contributed by atoms with van der Waals surface area (Å²) in [6.45, 7) is 4.12. The fourth-order valence-electron chi connectivity index (χ4n) is 4.66. The Morgan fingerprint density at radius 1 is 0.923 bits per heavy atom. The molecule has 2 heterocycles. The third-order valence-corrected chi connectivity index (χ3v) is 5.82. The van der Waals surface area contributed by atoms with Gasteiger partial charge in [0, 0.05) is 11.6 Å². The van der Waals surface area contributed by atoms with Gasteiger partial charge in [-0.2, -0.15) is 0 Å². The summed E-state index contributed by atoms with van der Waals surface area (Å²) in [5.74, 6) is 1.03. The number of nitrogens with zero attached hydrogens (tertiary/aromatic N) is 1. The van der Waals surface area contributed by atoms with E-state index in [2.05, 4.69) is 84.3 Å². The zero-order valence-electron chi connectivity index (χ0n) is 14.8. The van der Waals surface area contributed by atoms with Crippen molar-refractivity contribution in [3.05, 3.63) is 90.5 Å². The van der Waals surface area contributed by atoms with Crippen LogP contribution in [0.3, 0.4) is 0 Å². The van der Waals surface area contributed by atoms with Crippen molar-refractivity contribution in [2.45, 2.75) is 37.6 Å². The lowest BCUT2D eigenvalue weighted by molar-refractivity contribution is -0.0617. The summed E-state index contributed by atoms with van der Waals surface area (Å²) in [6, 6.07) is 24.4. The van der Waals surface area contributed by atoms with Gasteiger partial charge in [0.25, 0.3) is 0 Å². The number of ether oxygens (including phenoxy) is 1. The molecule has 3 aromatic rings. The minimum Gasteiger partial charge on any atom is -0.475 e. The first-order valence-electron chi connectivity index (χ1n) is 9.50. The van der Waals surface area contributed by atoms with Crippen LogP contribution in [0, 0.1) is 0 Å². The maximum Gasteiger partial charge on any atom is 0.153 e. The lowest BCUT2D eigenvalue weighted by atomic mass is 9.86. The van der Waals surface area contributed by atoms with E-state index in [9.17, 15) is 0 Å². The van der Waals surface area contributed by atoms with Crippen LogP contribution in [-0.2, 0) is 0 Å². The third kappa shape index (κ3) is 2.37. The molecule has 5 rings (SSSR count). The van der Waals surface area contributed by atoms with Crippen LogP contribution < -0.4 is 4.74 Å². The SMILES string of the molecule is C=C[C@@H]1CCC[C@@H]2Oc3ccc4ccccc4c3[C@@H](c3ccccc3)N12. The van der Waals surface area contributed by atoms with E-state index < -0.39 is 0 Å². The van der Waals surface area contributed by atoms with Crippen molar-refractivity contribution in [1.29, 1.82) is 0 Å². The molecule has 2 nitrogen and oxygen atoms in total. The quantitative estimate of drug-likeness (QED) is 0.555. The fraction of sp³-hybridized carbons (Fsp3) is 0.250. The first-order chi connectivity index (χ1) is 12.9. The Morgan fingerprint density at radius 3 is 2.58 bits per heavy atom. The lowest BCUT2D eigenvalue weighted by Gasteiger charge is -2.49. The molecule has 26 heavy (non-hydrogen) atoms. The van der Waals surface area contributed by atoms with E-state index >= 15 is 0 Å². The van der Waals surface area contributed by atoms with Crippen LogP contribution in [0.5, 0.6) is 5.75 Å². The lowest BCUT2D eigenvalue weighted by Crippen LogP contribution is -2.53. The van der Waals surface area contributed by atoms with Gasteiger partial charge >= 0.3 is 0 Å². The molecule has 0 bridgehead atoms. The highest BCUT2D eigenvalue weighted by Gasteiger charge is 2.42. The molecule has 0 saturated carbocycles. The summed E-state index contributed by atoms with van der Waals surface area (Å²) < 4.78 is 6.51. The van der Waals surface area contributed by atoms with E-state index in [0.29, 0.717) is 6.04 Å². The monoisotopic (exact) mass is 341 g/mol. The number of rotatable bonds is 2. The summed E-state index contributed by atoms with van der Waals surface area (Å²) in [6.07, 6.45) is 5.61. The van der Waals surface area contributed by atoms with Crippen LogP contribution in [-0.4, -0.2) is 17.2 Å². The van der Waals surface area contributed by atoms with Crippen molar-refractivity contribution < 1.29 is 4.74 Å². The molecule has 0 N–H and O–H groups in total. The van der Waals surface area contributed by atoms with Gasteiger partial charge in [-0.15, -0.1) is 6.58 Å². The van der Waals surface area contributed by atoms with Gasteiger partial charge in [0.1, 0.15) is 5.75 Å². The molecule has 0 radical (unpaired) electrons. The smallest absolute Gasteiger partial charge is 0.153 e. The number of fused-ring (bicyclic) bond motifs is 4. The average molecular weight is 341 g/mol. The summed E-state index contributed by atoms with van der Waals surface area (Å²) in [7, 11) is 0. The molecule has 0 unspecified atom stereocenters. The number of hydrogen-bond donors (Lipinski definition) is 0. The van der Waals surface area contributed by atoms with Crippen LogP contribution in [0.25, 0.3) is 10.8 Å². The van der Waals surface area contributed by atoms with E-state index in [1.54, 1.807) is 0 Å². The van der Waals surface area contributed by atoms with E-state index in [-0.39, 0.29) is 12.3 Å². The van der Waals surface area contributed by atoms with Crippen LogP contribution in [0.4, 0.5) is 0 Å². The fourth-order valence-corrected chi connectivity index (χ4v) is 4.66. The third-order valence-electron chi connectivity index (χ3n) is 5.82. The molecule has 2 aliphatic rings. The molecule has 3 aromatic carbocycles. The summed E-state index contributed by atoms with van der Waals surface area (Å²) >= 11 is 0. The Hall–Kier alpha value is -2.58. The van der Waals surface area contributed by atoms with Gasteiger partial charge in [0.2, 0.25) is 0 Å². The predicted molar refractivity (Wildman–Crippen MR) is 106 cm³/mol. The molecular weight excluding hydrogens is 318 g/mol. The van der Waals surface area contributed by atoms with Crippen LogP contribution in [0.2, 0.25) is 0 Å². The van der Waals surface area contributed by atoms with Crippen molar-refractivity contribution in [1.82, 2.24) is 4.90 Å². The maximum absolute atomic E-state index is 6.51. The van der Waals surface area contributed by atoms with Gasteiger partial charge in [-0.25, -0.2) is 0 Å². The molecule has 130 valence electrons. The number of benzene rings is 3. The highest BCUT2D eigenvalue weighted by molar-refractivity contribution is 5.89. The molecule has 0 amide bonds. The van der Waals surface area contributed by atoms with E-state index in [4.69, 9.17) is 4.74 Å². The zero-order valence-corrected chi connectivity index (χ0v) is 14.8. The number of piperidine rings is 1. The van der Waals surface area contributed by atoms with E-state index in [0.717, 1.165) is 18.6 Å². The highest BCUT2D eigenvalue weighted by atomic mass is 16.5. The first kappa shape index (κ1) is 15.7. The summed E-state index contributed by atoms with van der Waals surface area (Å²) in [5, 5.41) is 2.55. The molecular formula is C24H23NO. The molecule has 0 aromatic heterocycles. The molecule has 2 heteroatoms. The largest absolute Gasteiger partial charge is 0.475 e. The Balaban J connectivity index is 1.79. The molecule has 0 spiro atoms. The second kappa shape index (κ2) is 6.30. The van der Waals surface area contributed by atoms with Gasteiger partial charge in [0.05, 0.1) is 6.04 Å². The minimum absolute atomic E-state index is 0.116. The van der Waals surface area contributed by atoms with Crippen molar-refractivity contribution in [3.8, 4) is 5.75 Å². The Labute approximate surface area is 154 Å². The predicted octanol–water partition coefficient (Wildman–Crippen LogP) is 5.69. The van der Waals surface area contributed by atoms with E-state index in [1.165, 1.54) is 28.3 Å². The normalized spacial score (nSPS) is 25.2. The van der Waals surface area contributed by atoms with Crippen molar-refractivity contribution in [2.24, 2.45) is 0 Å². The van der Waals surface area contributed by atoms with Crippen LogP contribution >= 0.6 is 0 Å². The molecule has 3 atom stereocenters. The standard InChI is InChI=1S/C24H23NO/c1-2-19-12-8-14-22-25(19)24(18-10-4-3-5-11-18)23-20-13-7-6-9-17(20)15-16-21(23)26-22/h2-7,9-11,13,15-16,19,22,24H,1,8,12,14H2/t19-,22+,24-/m1/s1. The number of hydrogen-bond acceptors (Lipinski definition) is 2. The Kier molecular flexibility index (Phi) is 3.79. The van der Waals surface area contributed by atoms with Gasteiger partial charge in [-0.1, -0.05) is 66.7 Å². The minimum atomic E-state index is 0.116. The second-order valence-corrected chi connectivity index (χ2v) is 7.27. The highest BCUT2D eigenvalue weighted by Crippen LogP contribution is 2.48. The van der Waals surface area contributed by atoms with Gasteiger partial charge < -0.3 is 4.74 Å². The van der Waals surface area contributed by atoms with Gasteiger partial charge in [-0.3, -0.25) is 4.90 Å². The molecule has 1 fully saturated rings. The first-order valence-corrected chi connectivity index (χ1v) is 9.50. The van der Waals surface area contributed by atoms with Crippen LogP contribution in [0.1, 0.15) is 36.4 Å². The van der Waals surface area contributed by atoms with Gasteiger partial charge in [0.15, 0.2) is 6.23 Å². The zero-order chi connectivity index (χ0) is 17.5. The van der Waals surface area contributed by atoms with Gasteiger partial charge in [-0.05, 0) is 41.7 Å². The maximum atomic E-state index is 6.51. The van der Waals surface area contributed by atoms with Crippen molar-refractivity contribution in [2.75, 3.05) is 0 Å². The average Bonchev–Trinajstić information content (AvgIpc) is 2.72. The molecule has 0 aliphatic carbocycles. The molecule has 2 aliphatic heterocycles.